The number of ether oxygens (including phenoxy) is 1. The maximum atomic E-state index is 12.4. The number of hydrogen-bond donors (Lipinski definition) is 1. The van der Waals surface area contributed by atoms with Gasteiger partial charge in [-0.15, -0.1) is 6.58 Å². The molecular formula is C18H19BrN2O4. The summed E-state index contributed by atoms with van der Waals surface area (Å²) in [5.41, 5.74) is 0.527. The number of amides is 4. The van der Waals surface area contributed by atoms with Crippen LogP contribution in [0.5, 0.6) is 5.75 Å². The lowest BCUT2D eigenvalue weighted by Crippen LogP contribution is -2.54. The second-order valence-electron chi connectivity index (χ2n) is 5.92. The molecule has 0 bridgehead atoms. The molecule has 1 aromatic rings. The van der Waals surface area contributed by atoms with E-state index in [2.05, 4.69) is 41.7 Å². The number of nitrogens with zero attached hydrogens (tertiary/aromatic N) is 1. The topological polar surface area (TPSA) is 75.7 Å². The van der Waals surface area contributed by atoms with Gasteiger partial charge in [0.05, 0.1) is 11.1 Å². The molecule has 7 heteroatoms. The lowest BCUT2D eigenvalue weighted by molar-refractivity contribution is -0.129. The van der Waals surface area contributed by atoms with Crippen molar-refractivity contribution in [1.29, 1.82) is 0 Å². The summed E-state index contributed by atoms with van der Waals surface area (Å²) in [6.07, 6.45) is 2.86. The molecule has 0 saturated carbocycles. The Morgan fingerprint density at radius 3 is 2.64 bits per heavy atom. The molecule has 6 nitrogen and oxygen atoms in total. The molecule has 1 aromatic carbocycles. The number of nitrogens with one attached hydrogen (secondary N) is 1. The minimum Gasteiger partial charge on any atom is -0.492 e. The van der Waals surface area contributed by atoms with Crippen LogP contribution in [0.4, 0.5) is 4.79 Å². The van der Waals surface area contributed by atoms with Crippen molar-refractivity contribution in [3.8, 4) is 5.75 Å². The molecule has 0 aromatic heterocycles. The van der Waals surface area contributed by atoms with Gasteiger partial charge in [-0.1, -0.05) is 26.0 Å². The number of halogens is 1. The Hall–Kier alpha value is -2.41. The molecule has 0 radical (unpaired) electrons. The summed E-state index contributed by atoms with van der Waals surface area (Å²) >= 11 is 3.42. The normalized spacial score (nSPS) is 16.4. The van der Waals surface area contributed by atoms with Gasteiger partial charge in [0, 0.05) is 6.54 Å². The molecule has 1 fully saturated rings. The highest BCUT2D eigenvalue weighted by atomic mass is 79.9. The maximum Gasteiger partial charge on any atom is 0.331 e. The van der Waals surface area contributed by atoms with Crippen LogP contribution in [0.1, 0.15) is 19.4 Å². The zero-order chi connectivity index (χ0) is 18.6. The van der Waals surface area contributed by atoms with E-state index in [1.807, 2.05) is 0 Å². The molecule has 1 N–H and O–H groups in total. The number of benzene rings is 1. The Kier molecular flexibility index (Phi) is 6.14. The molecule has 25 heavy (non-hydrogen) atoms. The van der Waals surface area contributed by atoms with Gasteiger partial charge in [-0.2, -0.15) is 0 Å². The van der Waals surface area contributed by atoms with Gasteiger partial charge in [0.15, 0.2) is 0 Å². The van der Waals surface area contributed by atoms with Crippen LogP contribution in [-0.2, 0) is 9.59 Å². The Bertz CT molecular complexity index is 755. The van der Waals surface area contributed by atoms with Crippen LogP contribution in [0.25, 0.3) is 6.08 Å². The van der Waals surface area contributed by atoms with Gasteiger partial charge in [-0.05, 0) is 45.6 Å². The van der Waals surface area contributed by atoms with E-state index in [1.165, 1.54) is 12.2 Å². The summed E-state index contributed by atoms with van der Waals surface area (Å²) < 4.78 is 6.38. The lowest BCUT2D eigenvalue weighted by Gasteiger charge is -2.25. The van der Waals surface area contributed by atoms with Gasteiger partial charge in [0.25, 0.3) is 11.8 Å². The fraction of sp³-hybridized carbons (Fsp3) is 0.278. The van der Waals surface area contributed by atoms with E-state index in [0.717, 1.165) is 4.90 Å². The van der Waals surface area contributed by atoms with Crippen LogP contribution < -0.4 is 10.1 Å². The molecule has 0 aliphatic carbocycles. The van der Waals surface area contributed by atoms with Crippen LogP contribution in [0.3, 0.4) is 0 Å². The number of carbonyl (C=O) groups excluding carboxylic acids is 3. The largest absolute Gasteiger partial charge is 0.492 e. The van der Waals surface area contributed by atoms with Crippen molar-refractivity contribution in [3.63, 3.8) is 0 Å². The molecular weight excluding hydrogens is 388 g/mol. The first-order chi connectivity index (χ1) is 11.8. The third-order valence-corrected chi connectivity index (χ3v) is 3.96. The maximum absolute atomic E-state index is 12.4. The van der Waals surface area contributed by atoms with E-state index >= 15 is 0 Å². The Balaban J connectivity index is 2.27. The van der Waals surface area contributed by atoms with Gasteiger partial charge < -0.3 is 4.74 Å². The number of barbiturate groups is 1. The van der Waals surface area contributed by atoms with E-state index in [9.17, 15) is 14.4 Å². The van der Waals surface area contributed by atoms with Crippen LogP contribution in [0, 0.1) is 5.92 Å². The minimum absolute atomic E-state index is 0.0287. The summed E-state index contributed by atoms with van der Waals surface area (Å²) in [4.78, 5) is 37.0. The average molecular weight is 407 g/mol. The van der Waals surface area contributed by atoms with Crippen molar-refractivity contribution in [3.05, 3.63) is 46.5 Å². The Morgan fingerprint density at radius 1 is 1.32 bits per heavy atom. The first-order valence-electron chi connectivity index (χ1n) is 7.75. The van der Waals surface area contributed by atoms with E-state index in [0.29, 0.717) is 28.3 Å². The zero-order valence-electron chi connectivity index (χ0n) is 14.0. The van der Waals surface area contributed by atoms with Crippen molar-refractivity contribution in [2.45, 2.75) is 13.8 Å². The standard InChI is InChI=1S/C18H19BrN2O4/c1-4-7-21-17(23)13(16(22)20-18(21)24)8-12-5-6-15(14(19)9-12)25-10-11(2)3/h4-6,8-9,11H,1,7,10H2,2-3H3,(H,20,22,24)/b13-8-. The third-order valence-electron chi connectivity index (χ3n) is 3.34. The molecule has 1 aliphatic rings. The Morgan fingerprint density at radius 2 is 2.04 bits per heavy atom. The second-order valence-corrected chi connectivity index (χ2v) is 6.77. The Labute approximate surface area is 154 Å². The van der Waals surface area contributed by atoms with Crippen molar-refractivity contribution < 1.29 is 19.1 Å². The van der Waals surface area contributed by atoms with Gasteiger partial charge in [-0.3, -0.25) is 19.8 Å². The van der Waals surface area contributed by atoms with E-state index in [4.69, 9.17) is 4.74 Å². The number of hydrogen-bond acceptors (Lipinski definition) is 4. The summed E-state index contributed by atoms with van der Waals surface area (Å²) in [6.45, 7) is 8.22. The molecule has 0 atom stereocenters. The molecule has 0 unspecified atom stereocenters. The smallest absolute Gasteiger partial charge is 0.331 e. The summed E-state index contributed by atoms with van der Waals surface area (Å²) in [6, 6.07) is 4.50. The molecule has 1 heterocycles. The van der Waals surface area contributed by atoms with E-state index in [1.54, 1.807) is 18.2 Å². The highest BCUT2D eigenvalue weighted by Crippen LogP contribution is 2.28. The minimum atomic E-state index is -0.745. The predicted molar refractivity (Wildman–Crippen MR) is 97.9 cm³/mol. The molecule has 0 spiro atoms. The van der Waals surface area contributed by atoms with Gasteiger partial charge in [0.1, 0.15) is 11.3 Å². The van der Waals surface area contributed by atoms with Gasteiger partial charge in [0.2, 0.25) is 0 Å². The summed E-state index contributed by atoms with van der Waals surface area (Å²) in [7, 11) is 0. The van der Waals surface area contributed by atoms with Crippen molar-refractivity contribution in [2.75, 3.05) is 13.2 Å². The molecule has 1 aliphatic heterocycles. The first kappa shape index (κ1) is 18.9. The summed E-state index contributed by atoms with van der Waals surface area (Å²) in [5, 5.41) is 2.15. The number of rotatable bonds is 6. The van der Waals surface area contributed by atoms with E-state index < -0.39 is 17.8 Å². The number of carbonyl (C=O) groups is 3. The van der Waals surface area contributed by atoms with Crippen molar-refractivity contribution in [2.24, 2.45) is 5.92 Å². The fourth-order valence-corrected chi connectivity index (χ4v) is 2.65. The highest BCUT2D eigenvalue weighted by molar-refractivity contribution is 9.10. The molecule has 132 valence electrons. The molecule has 4 amide bonds. The second kappa shape index (κ2) is 8.11. The van der Waals surface area contributed by atoms with Gasteiger partial charge in [-0.25, -0.2) is 4.79 Å². The number of urea groups is 1. The predicted octanol–water partition coefficient (Wildman–Crippen LogP) is 3.13. The van der Waals surface area contributed by atoms with Crippen LogP contribution >= 0.6 is 15.9 Å². The van der Waals surface area contributed by atoms with Crippen LogP contribution in [-0.4, -0.2) is 35.9 Å². The van der Waals surface area contributed by atoms with E-state index in [-0.39, 0.29) is 12.1 Å². The first-order valence-corrected chi connectivity index (χ1v) is 8.55. The van der Waals surface area contributed by atoms with Crippen molar-refractivity contribution in [1.82, 2.24) is 10.2 Å². The van der Waals surface area contributed by atoms with Gasteiger partial charge >= 0.3 is 6.03 Å². The lowest BCUT2D eigenvalue weighted by atomic mass is 10.1. The fourth-order valence-electron chi connectivity index (χ4n) is 2.14. The molecule has 2 rings (SSSR count). The monoisotopic (exact) mass is 406 g/mol. The third kappa shape index (κ3) is 4.57. The van der Waals surface area contributed by atoms with Crippen LogP contribution in [0.15, 0.2) is 40.9 Å². The average Bonchev–Trinajstić information content (AvgIpc) is 2.54. The van der Waals surface area contributed by atoms with Crippen molar-refractivity contribution >= 4 is 39.9 Å². The highest BCUT2D eigenvalue weighted by Gasteiger charge is 2.34. The zero-order valence-corrected chi connectivity index (χ0v) is 15.6. The molecule has 1 saturated heterocycles. The number of imide groups is 2. The SMILES string of the molecule is C=CCN1C(=O)NC(=O)/C(=C/c2ccc(OCC(C)C)c(Br)c2)C1=O. The van der Waals surface area contributed by atoms with Crippen LogP contribution in [0.2, 0.25) is 0 Å². The quantitative estimate of drug-likeness (QED) is 0.447. The summed E-state index contributed by atoms with van der Waals surface area (Å²) in [5.74, 6) is -0.291.